The Balaban J connectivity index is 1.96. The predicted octanol–water partition coefficient (Wildman–Crippen LogP) is 4.50. The summed E-state index contributed by atoms with van der Waals surface area (Å²) in [4.78, 5) is 54.9. The number of methoxy groups -OCH3 is 1. The van der Waals surface area contributed by atoms with Gasteiger partial charge in [-0.3, -0.25) is 14.9 Å². The molecule has 1 aliphatic rings. The van der Waals surface area contributed by atoms with Crippen LogP contribution in [-0.4, -0.2) is 81.1 Å². The van der Waals surface area contributed by atoms with Gasteiger partial charge in [-0.2, -0.15) is 4.99 Å². The van der Waals surface area contributed by atoms with E-state index in [-0.39, 0.29) is 45.1 Å². The minimum Gasteiger partial charge on any atom is -0.468 e. The average Bonchev–Trinajstić information content (AvgIpc) is 2.96. The first-order chi connectivity index (χ1) is 19.7. The van der Waals surface area contributed by atoms with Crippen LogP contribution in [0.15, 0.2) is 29.3 Å². The quantitative estimate of drug-likeness (QED) is 0.172. The normalized spacial score (nSPS) is 14.6. The summed E-state index contributed by atoms with van der Waals surface area (Å²) in [5.74, 6) is -0.294. The lowest BCUT2D eigenvalue weighted by atomic mass is 9.85. The molecule has 0 saturated heterocycles. The van der Waals surface area contributed by atoms with Crippen molar-refractivity contribution in [2.24, 2.45) is 10.9 Å². The van der Waals surface area contributed by atoms with Crippen LogP contribution in [-0.2, 0) is 30.4 Å². The van der Waals surface area contributed by atoms with Gasteiger partial charge in [-0.1, -0.05) is 55.8 Å². The second-order valence-electron chi connectivity index (χ2n) is 10.0. The summed E-state index contributed by atoms with van der Waals surface area (Å²) in [6.45, 7) is 2.73. The van der Waals surface area contributed by atoms with Crippen molar-refractivity contribution in [1.82, 2.24) is 15.5 Å². The van der Waals surface area contributed by atoms with E-state index in [4.69, 9.17) is 25.8 Å². The van der Waals surface area contributed by atoms with Crippen molar-refractivity contribution in [1.29, 1.82) is 0 Å². The van der Waals surface area contributed by atoms with Gasteiger partial charge in [0, 0.05) is 43.8 Å². The summed E-state index contributed by atoms with van der Waals surface area (Å²) in [7, 11) is 2.91. The fourth-order valence-corrected chi connectivity index (χ4v) is 4.81. The number of hydrogen-bond donors (Lipinski definition) is 2. The summed E-state index contributed by atoms with van der Waals surface area (Å²) in [6.07, 6.45) is 5.24. The van der Waals surface area contributed by atoms with Crippen molar-refractivity contribution in [3.05, 3.63) is 34.9 Å². The van der Waals surface area contributed by atoms with Crippen LogP contribution in [0.4, 0.5) is 9.59 Å². The molecule has 1 fully saturated rings. The zero-order chi connectivity index (χ0) is 30.0. The molecule has 0 unspecified atom stereocenters. The standard InChI is InChI=1S/C29H43ClN4O7/c1-4-40-28(37)31-15-16-34(2)26(35)14-13-25(27(36)39-3)32-19-24(18-21-9-6-5-7-10-21)33-29(38)41-20-22-11-8-12-23(30)17-22/h8,11-12,17,21,25,32H,4-7,9-10,13-16,18-20H2,1-3H3,(H,31,37)/b33-24+/t25-/m0/s1. The van der Waals surface area contributed by atoms with E-state index in [2.05, 4.69) is 15.6 Å². The molecule has 0 bridgehead atoms. The minimum atomic E-state index is -0.769. The third-order valence-electron chi connectivity index (χ3n) is 6.85. The van der Waals surface area contributed by atoms with Gasteiger partial charge < -0.3 is 24.4 Å². The molecular formula is C29H43ClN4O7. The van der Waals surface area contributed by atoms with Crippen LogP contribution in [0.25, 0.3) is 0 Å². The fourth-order valence-electron chi connectivity index (χ4n) is 4.59. The topological polar surface area (TPSA) is 136 Å². The maximum Gasteiger partial charge on any atom is 0.433 e. The SMILES string of the molecule is CCOC(=O)NCCN(C)C(=O)CC[C@H](NC/C(CC1CCCCC1)=N/C(=O)OCc1cccc(Cl)c1)C(=O)OC. The number of halogens is 1. The van der Waals surface area contributed by atoms with Crippen LogP contribution in [0, 0.1) is 5.92 Å². The summed E-state index contributed by atoms with van der Waals surface area (Å²) in [6, 6.07) is 6.28. The largest absolute Gasteiger partial charge is 0.468 e. The molecule has 0 aromatic heterocycles. The number of nitrogens with zero attached hydrogens (tertiary/aromatic N) is 2. The highest BCUT2D eigenvalue weighted by Gasteiger charge is 2.23. The van der Waals surface area contributed by atoms with E-state index in [0.29, 0.717) is 29.6 Å². The van der Waals surface area contributed by atoms with Gasteiger partial charge in [-0.05, 0) is 43.4 Å². The molecule has 1 aromatic carbocycles. The Morgan fingerprint density at radius 1 is 1.15 bits per heavy atom. The molecule has 0 spiro atoms. The van der Waals surface area contributed by atoms with Crippen LogP contribution in [0.2, 0.25) is 5.02 Å². The lowest BCUT2D eigenvalue weighted by Crippen LogP contribution is -2.42. The van der Waals surface area contributed by atoms with Gasteiger partial charge in [0.15, 0.2) is 0 Å². The predicted molar refractivity (Wildman–Crippen MR) is 156 cm³/mol. The van der Waals surface area contributed by atoms with E-state index in [9.17, 15) is 19.2 Å². The van der Waals surface area contributed by atoms with Gasteiger partial charge in [0.05, 0.1) is 13.7 Å². The van der Waals surface area contributed by atoms with Gasteiger partial charge in [0.2, 0.25) is 5.91 Å². The maximum absolute atomic E-state index is 12.6. The number of alkyl carbamates (subject to hydrolysis) is 1. The van der Waals surface area contributed by atoms with Crippen molar-refractivity contribution < 1.29 is 33.4 Å². The van der Waals surface area contributed by atoms with E-state index in [0.717, 1.165) is 31.2 Å². The number of amides is 3. The Hall–Kier alpha value is -3.18. The molecule has 41 heavy (non-hydrogen) atoms. The molecule has 2 rings (SSSR count). The average molecular weight is 595 g/mol. The van der Waals surface area contributed by atoms with Gasteiger partial charge >= 0.3 is 18.2 Å². The third-order valence-corrected chi connectivity index (χ3v) is 7.09. The summed E-state index contributed by atoms with van der Waals surface area (Å²) >= 11 is 6.01. The number of likely N-dealkylation sites (N-methyl/N-ethyl adjacent to an activating group) is 1. The highest BCUT2D eigenvalue weighted by atomic mass is 35.5. The number of ether oxygens (including phenoxy) is 3. The smallest absolute Gasteiger partial charge is 0.433 e. The van der Waals surface area contributed by atoms with Crippen molar-refractivity contribution in [2.75, 3.05) is 40.4 Å². The molecule has 0 radical (unpaired) electrons. The van der Waals surface area contributed by atoms with Gasteiger partial charge in [0.1, 0.15) is 12.6 Å². The highest BCUT2D eigenvalue weighted by molar-refractivity contribution is 6.30. The zero-order valence-electron chi connectivity index (χ0n) is 24.3. The van der Waals surface area contributed by atoms with E-state index in [1.807, 2.05) is 6.07 Å². The molecule has 0 heterocycles. The molecule has 1 saturated carbocycles. The van der Waals surface area contributed by atoms with E-state index in [1.165, 1.54) is 18.4 Å². The van der Waals surface area contributed by atoms with Crippen LogP contribution in [0.5, 0.6) is 0 Å². The second-order valence-corrected chi connectivity index (χ2v) is 10.5. The lowest BCUT2D eigenvalue weighted by molar-refractivity contribution is -0.143. The van der Waals surface area contributed by atoms with Crippen molar-refractivity contribution >= 4 is 41.4 Å². The molecule has 2 N–H and O–H groups in total. The molecule has 11 nitrogen and oxygen atoms in total. The first-order valence-corrected chi connectivity index (χ1v) is 14.5. The summed E-state index contributed by atoms with van der Waals surface area (Å²) in [5.41, 5.74) is 1.35. The molecule has 0 aliphatic heterocycles. The number of hydrogen-bond acceptors (Lipinski definition) is 8. The molecular weight excluding hydrogens is 552 g/mol. The van der Waals surface area contributed by atoms with Crippen molar-refractivity contribution in [2.45, 2.75) is 70.9 Å². The summed E-state index contributed by atoms with van der Waals surface area (Å²) in [5, 5.41) is 6.26. The number of carbonyl (C=O) groups excluding carboxylic acids is 4. The highest BCUT2D eigenvalue weighted by Crippen LogP contribution is 2.26. The van der Waals surface area contributed by atoms with Crippen molar-refractivity contribution in [3.8, 4) is 0 Å². The van der Waals surface area contributed by atoms with Crippen LogP contribution < -0.4 is 10.6 Å². The van der Waals surface area contributed by atoms with Crippen LogP contribution in [0.1, 0.15) is 63.9 Å². The molecule has 1 atom stereocenters. The number of aliphatic imine (C=N–C) groups is 1. The number of rotatable bonds is 15. The van der Waals surface area contributed by atoms with E-state index >= 15 is 0 Å². The Morgan fingerprint density at radius 2 is 1.90 bits per heavy atom. The first kappa shape index (κ1) is 34.0. The van der Waals surface area contributed by atoms with E-state index < -0.39 is 24.2 Å². The third kappa shape index (κ3) is 13.8. The molecule has 1 aliphatic carbocycles. The zero-order valence-corrected chi connectivity index (χ0v) is 25.0. The number of esters is 1. The van der Waals surface area contributed by atoms with Crippen LogP contribution >= 0.6 is 11.6 Å². The number of benzene rings is 1. The van der Waals surface area contributed by atoms with E-state index in [1.54, 1.807) is 32.2 Å². The molecule has 12 heteroatoms. The Kier molecular flexibility index (Phi) is 15.8. The van der Waals surface area contributed by atoms with Gasteiger partial charge in [-0.15, -0.1) is 0 Å². The Morgan fingerprint density at radius 3 is 2.59 bits per heavy atom. The molecule has 3 amide bonds. The Bertz CT molecular complexity index is 1030. The lowest BCUT2D eigenvalue weighted by Gasteiger charge is -2.23. The first-order valence-electron chi connectivity index (χ1n) is 14.1. The molecule has 228 valence electrons. The monoisotopic (exact) mass is 594 g/mol. The maximum atomic E-state index is 12.6. The number of nitrogens with one attached hydrogen (secondary N) is 2. The Labute approximate surface area is 247 Å². The minimum absolute atomic E-state index is 0.0444. The summed E-state index contributed by atoms with van der Waals surface area (Å²) < 4.78 is 15.1. The fraction of sp³-hybridized carbons (Fsp3) is 0.621. The second kappa shape index (κ2) is 19.0. The van der Waals surface area contributed by atoms with Crippen LogP contribution in [0.3, 0.4) is 0 Å². The molecule has 1 aromatic rings. The van der Waals surface area contributed by atoms with Gasteiger partial charge in [-0.25, -0.2) is 9.59 Å². The van der Waals surface area contributed by atoms with Gasteiger partial charge in [0.25, 0.3) is 0 Å². The number of carbonyl (C=O) groups is 4. The van der Waals surface area contributed by atoms with Crippen molar-refractivity contribution in [3.63, 3.8) is 0 Å².